The van der Waals surface area contributed by atoms with Gasteiger partial charge in [-0.05, 0) is 42.5 Å². The first-order valence-corrected chi connectivity index (χ1v) is 8.70. The zero-order chi connectivity index (χ0) is 17.9. The van der Waals surface area contributed by atoms with Gasteiger partial charge >= 0.3 is 0 Å². The molecule has 134 valence electrons. The molecule has 1 fully saturated rings. The van der Waals surface area contributed by atoms with Gasteiger partial charge in [0.15, 0.2) is 0 Å². The van der Waals surface area contributed by atoms with Crippen molar-refractivity contribution in [2.75, 3.05) is 33.4 Å². The Labute approximate surface area is 152 Å². The summed E-state index contributed by atoms with van der Waals surface area (Å²) in [6, 6.07) is 13.8. The fourth-order valence-corrected chi connectivity index (χ4v) is 3.19. The van der Waals surface area contributed by atoms with Crippen LogP contribution in [0.2, 0.25) is 0 Å². The summed E-state index contributed by atoms with van der Waals surface area (Å²) < 4.78 is 12.4. The Bertz CT molecular complexity index is 866. The number of hydrogen-bond acceptors (Lipinski definition) is 4. The van der Waals surface area contributed by atoms with Crippen LogP contribution in [0.25, 0.3) is 22.6 Å². The van der Waals surface area contributed by atoms with E-state index < -0.39 is 0 Å². The van der Waals surface area contributed by atoms with Crippen LogP contribution in [0.3, 0.4) is 0 Å². The summed E-state index contributed by atoms with van der Waals surface area (Å²) in [5.41, 5.74) is 2.93. The van der Waals surface area contributed by atoms with Gasteiger partial charge in [0.2, 0.25) is 5.91 Å². The van der Waals surface area contributed by atoms with Crippen LogP contribution in [-0.4, -0.2) is 53.8 Å². The predicted octanol–water partition coefficient (Wildman–Crippen LogP) is 2.52. The number of ether oxygens (including phenoxy) is 2. The Morgan fingerprint density at radius 2 is 1.92 bits per heavy atom. The van der Waals surface area contributed by atoms with Gasteiger partial charge in [-0.15, -0.1) is 0 Å². The molecule has 0 N–H and O–H groups in total. The standard InChI is InChI=1S/C20H21N3O3/c1-25-17-6-4-15(5-7-17)18-13-16-3-2-8-23(20(16)21-18)14-19(24)22-9-11-26-12-10-22/h2-8,13H,9-12,14H2,1H3. The Hall–Kier alpha value is -2.86. The first-order valence-electron chi connectivity index (χ1n) is 8.70. The molecule has 6 heteroatoms. The number of hydrogen-bond donors (Lipinski definition) is 0. The molecule has 0 spiro atoms. The molecule has 3 heterocycles. The van der Waals surface area contributed by atoms with E-state index >= 15 is 0 Å². The summed E-state index contributed by atoms with van der Waals surface area (Å²) in [6.45, 7) is 2.81. The van der Waals surface area contributed by atoms with Crippen molar-refractivity contribution in [1.82, 2.24) is 14.5 Å². The van der Waals surface area contributed by atoms with Crippen molar-refractivity contribution in [3.05, 3.63) is 48.7 Å². The van der Waals surface area contributed by atoms with Crippen molar-refractivity contribution in [1.29, 1.82) is 0 Å². The van der Waals surface area contributed by atoms with Crippen LogP contribution in [0.1, 0.15) is 0 Å². The summed E-state index contributed by atoms with van der Waals surface area (Å²) in [5, 5.41) is 0. The van der Waals surface area contributed by atoms with Gasteiger partial charge in [0.05, 0.1) is 26.0 Å². The molecule has 0 aromatic heterocycles. The quantitative estimate of drug-likeness (QED) is 0.725. The van der Waals surface area contributed by atoms with Crippen LogP contribution in [0.4, 0.5) is 0 Å². The van der Waals surface area contributed by atoms with E-state index in [4.69, 9.17) is 14.5 Å². The molecular weight excluding hydrogens is 330 g/mol. The molecule has 1 aromatic carbocycles. The van der Waals surface area contributed by atoms with Crippen LogP contribution in [-0.2, 0) is 16.1 Å². The predicted molar refractivity (Wildman–Crippen MR) is 98.2 cm³/mol. The highest BCUT2D eigenvalue weighted by Crippen LogP contribution is 2.29. The van der Waals surface area contributed by atoms with E-state index in [1.165, 1.54) is 0 Å². The normalized spacial score (nSPS) is 14.6. The van der Waals surface area contributed by atoms with E-state index in [-0.39, 0.29) is 12.5 Å². The lowest BCUT2D eigenvalue weighted by Crippen LogP contribution is -2.42. The lowest BCUT2D eigenvalue weighted by molar-refractivity contribution is -0.135. The van der Waals surface area contributed by atoms with E-state index in [1.807, 2.05) is 58.1 Å². The number of pyridine rings is 1. The molecule has 4 rings (SSSR count). The molecule has 0 saturated carbocycles. The molecule has 1 amide bonds. The van der Waals surface area contributed by atoms with Crippen LogP contribution < -0.4 is 4.74 Å². The number of methoxy groups -OCH3 is 1. The number of fused-ring (bicyclic) bond motifs is 1. The molecule has 1 aromatic rings. The highest BCUT2D eigenvalue weighted by atomic mass is 16.5. The molecule has 26 heavy (non-hydrogen) atoms. The summed E-state index contributed by atoms with van der Waals surface area (Å²) in [4.78, 5) is 19.2. The summed E-state index contributed by atoms with van der Waals surface area (Å²) in [6.07, 6.45) is 1.91. The summed E-state index contributed by atoms with van der Waals surface area (Å²) >= 11 is 0. The number of benzene rings is 1. The zero-order valence-corrected chi connectivity index (χ0v) is 14.7. The Morgan fingerprint density at radius 1 is 1.15 bits per heavy atom. The van der Waals surface area contributed by atoms with Gasteiger partial charge in [0, 0.05) is 30.4 Å². The topological polar surface area (TPSA) is 56.6 Å². The minimum Gasteiger partial charge on any atom is -0.497 e. The molecule has 0 unspecified atom stereocenters. The largest absolute Gasteiger partial charge is 0.497 e. The number of carbonyl (C=O) groups excluding carboxylic acids is 1. The lowest BCUT2D eigenvalue weighted by Gasteiger charge is -2.27. The van der Waals surface area contributed by atoms with Gasteiger partial charge < -0.3 is 18.9 Å². The Morgan fingerprint density at radius 3 is 2.65 bits per heavy atom. The molecule has 0 atom stereocenters. The van der Waals surface area contributed by atoms with Gasteiger partial charge in [-0.25, -0.2) is 4.98 Å². The molecule has 6 nitrogen and oxygen atoms in total. The maximum absolute atomic E-state index is 12.6. The third-order valence-electron chi connectivity index (χ3n) is 4.65. The van der Waals surface area contributed by atoms with Gasteiger partial charge in [-0.2, -0.15) is 0 Å². The van der Waals surface area contributed by atoms with E-state index in [0.29, 0.717) is 26.3 Å². The highest BCUT2D eigenvalue weighted by Gasteiger charge is 2.20. The first-order chi connectivity index (χ1) is 12.7. The molecule has 3 aliphatic rings. The smallest absolute Gasteiger partial charge is 0.242 e. The monoisotopic (exact) mass is 351 g/mol. The average Bonchev–Trinajstić information content (AvgIpc) is 3.14. The van der Waals surface area contributed by atoms with Crippen molar-refractivity contribution in [2.24, 2.45) is 0 Å². The third-order valence-corrected chi connectivity index (χ3v) is 4.65. The first kappa shape index (κ1) is 16.6. The van der Waals surface area contributed by atoms with E-state index in [1.54, 1.807) is 7.11 Å². The molecule has 1 saturated heterocycles. The number of morpholine rings is 1. The minimum absolute atomic E-state index is 0.0970. The summed E-state index contributed by atoms with van der Waals surface area (Å²) in [7, 11) is 1.65. The van der Waals surface area contributed by atoms with Crippen LogP contribution >= 0.6 is 0 Å². The maximum atomic E-state index is 12.6. The number of nitrogens with zero attached hydrogens (tertiary/aromatic N) is 3. The van der Waals surface area contributed by atoms with Crippen molar-refractivity contribution in [2.45, 2.75) is 6.54 Å². The van der Waals surface area contributed by atoms with E-state index in [0.717, 1.165) is 28.4 Å². The number of aromatic nitrogens is 2. The second-order valence-electron chi connectivity index (χ2n) is 6.28. The Kier molecular flexibility index (Phi) is 4.58. The van der Waals surface area contributed by atoms with Crippen LogP contribution in [0.5, 0.6) is 5.75 Å². The second-order valence-corrected chi connectivity index (χ2v) is 6.28. The number of rotatable bonds is 4. The van der Waals surface area contributed by atoms with Crippen molar-refractivity contribution >= 4 is 5.91 Å². The molecule has 0 aliphatic carbocycles. The summed E-state index contributed by atoms with van der Waals surface area (Å²) in [5.74, 6) is 1.73. The Balaban J connectivity index is 1.60. The third kappa shape index (κ3) is 3.28. The lowest BCUT2D eigenvalue weighted by atomic mass is 10.1. The van der Waals surface area contributed by atoms with Crippen molar-refractivity contribution < 1.29 is 14.3 Å². The second kappa shape index (κ2) is 7.17. The number of amides is 1. The molecule has 0 bridgehead atoms. The van der Waals surface area contributed by atoms with Gasteiger partial charge in [0.1, 0.15) is 18.1 Å². The average molecular weight is 351 g/mol. The van der Waals surface area contributed by atoms with Gasteiger partial charge in [-0.1, -0.05) is 0 Å². The van der Waals surface area contributed by atoms with E-state index in [2.05, 4.69) is 0 Å². The molecule has 3 aliphatic heterocycles. The van der Waals surface area contributed by atoms with E-state index in [9.17, 15) is 4.79 Å². The van der Waals surface area contributed by atoms with Crippen molar-refractivity contribution in [3.63, 3.8) is 0 Å². The number of carbonyl (C=O) groups is 1. The maximum Gasteiger partial charge on any atom is 0.242 e. The SMILES string of the molecule is COc1ccc(-c2cc3cccn(CC(=O)N4CCOCC4)c-3n2)cc1. The van der Waals surface area contributed by atoms with Gasteiger partial charge in [-0.3, -0.25) is 4.79 Å². The van der Waals surface area contributed by atoms with Crippen LogP contribution in [0.15, 0.2) is 48.7 Å². The zero-order valence-electron chi connectivity index (χ0n) is 14.7. The van der Waals surface area contributed by atoms with Crippen molar-refractivity contribution in [3.8, 4) is 28.4 Å². The van der Waals surface area contributed by atoms with Crippen LogP contribution in [0, 0.1) is 0 Å². The fraction of sp³-hybridized carbons (Fsp3) is 0.300. The molecular formula is C20H21N3O3. The molecule has 0 radical (unpaired) electrons. The fourth-order valence-electron chi connectivity index (χ4n) is 3.19. The van der Waals surface area contributed by atoms with Gasteiger partial charge in [0.25, 0.3) is 0 Å². The minimum atomic E-state index is 0.0970. The highest BCUT2D eigenvalue weighted by molar-refractivity contribution is 5.78.